The number of rotatable bonds is 5. The Labute approximate surface area is 165 Å². The minimum Gasteiger partial charge on any atom is -0.493 e. The van der Waals surface area contributed by atoms with Gasteiger partial charge >= 0.3 is 11.8 Å². The van der Waals surface area contributed by atoms with E-state index in [9.17, 15) is 9.59 Å². The van der Waals surface area contributed by atoms with Crippen molar-refractivity contribution in [1.82, 2.24) is 10.2 Å². The van der Waals surface area contributed by atoms with E-state index in [4.69, 9.17) is 4.74 Å². The summed E-state index contributed by atoms with van der Waals surface area (Å²) >= 11 is 0. The highest BCUT2D eigenvalue weighted by Crippen LogP contribution is 2.29. The van der Waals surface area contributed by atoms with E-state index in [2.05, 4.69) is 16.7 Å². The van der Waals surface area contributed by atoms with Crippen LogP contribution in [0.1, 0.15) is 28.3 Å². The molecule has 0 radical (unpaired) electrons. The van der Waals surface area contributed by atoms with E-state index >= 15 is 0 Å². The van der Waals surface area contributed by atoms with Crippen molar-refractivity contribution >= 4 is 17.5 Å². The van der Waals surface area contributed by atoms with Gasteiger partial charge < -0.3 is 20.3 Å². The Kier molecular flexibility index (Phi) is 5.99. The summed E-state index contributed by atoms with van der Waals surface area (Å²) in [5, 5.41) is 5.44. The van der Waals surface area contributed by atoms with E-state index in [0.717, 1.165) is 28.9 Å². The van der Waals surface area contributed by atoms with Gasteiger partial charge in [-0.1, -0.05) is 29.8 Å². The maximum absolute atomic E-state index is 12.3. The Morgan fingerprint density at radius 2 is 1.89 bits per heavy atom. The molecule has 3 rings (SSSR count). The van der Waals surface area contributed by atoms with Gasteiger partial charge in [0.2, 0.25) is 0 Å². The standard InChI is InChI=1S/C22H27N3O3/c1-14-5-7-18(15(2)11-14)24-22(27)21(26)23-13-19(25(3)4)16-6-8-20-17(12-16)9-10-28-20/h5-8,11-12,19H,9-10,13H2,1-4H3,(H,23,26)(H,24,27). The Hall–Kier alpha value is -2.86. The molecular weight excluding hydrogens is 354 g/mol. The normalized spacial score (nSPS) is 13.6. The number of ether oxygens (including phenoxy) is 1. The van der Waals surface area contributed by atoms with Gasteiger partial charge in [-0.2, -0.15) is 0 Å². The van der Waals surface area contributed by atoms with E-state index in [1.807, 2.05) is 63.2 Å². The molecule has 0 bridgehead atoms. The van der Waals surface area contributed by atoms with Crippen LogP contribution in [-0.4, -0.2) is 44.0 Å². The molecular formula is C22H27N3O3. The lowest BCUT2D eigenvalue weighted by Gasteiger charge is -2.25. The summed E-state index contributed by atoms with van der Waals surface area (Å²) in [5.41, 5.74) is 4.95. The lowest BCUT2D eigenvalue weighted by molar-refractivity contribution is -0.136. The average molecular weight is 381 g/mol. The maximum Gasteiger partial charge on any atom is 0.313 e. The first-order chi connectivity index (χ1) is 13.3. The summed E-state index contributed by atoms with van der Waals surface area (Å²) in [7, 11) is 3.91. The molecule has 0 fully saturated rings. The second kappa shape index (κ2) is 8.44. The Bertz CT molecular complexity index is 893. The Morgan fingerprint density at radius 1 is 1.11 bits per heavy atom. The number of anilines is 1. The first-order valence-electron chi connectivity index (χ1n) is 9.43. The van der Waals surface area contributed by atoms with E-state index in [1.54, 1.807) is 0 Å². The van der Waals surface area contributed by atoms with Crippen molar-refractivity contribution in [2.24, 2.45) is 0 Å². The van der Waals surface area contributed by atoms with Crippen molar-refractivity contribution in [3.8, 4) is 5.75 Å². The molecule has 1 aliphatic rings. The van der Waals surface area contributed by atoms with E-state index in [1.165, 1.54) is 5.56 Å². The number of nitrogens with one attached hydrogen (secondary N) is 2. The number of hydrogen-bond donors (Lipinski definition) is 2. The molecule has 0 aliphatic carbocycles. The number of amides is 2. The first kappa shape index (κ1) is 19.9. The zero-order chi connectivity index (χ0) is 20.3. The molecule has 1 aliphatic heterocycles. The van der Waals surface area contributed by atoms with Crippen molar-refractivity contribution in [3.63, 3.8) is 0 Å². The molecule has 6 heteroatoms. The number of aryl methyl sites for hydroxylation is 2. The number of likely N-dealkylation sites (N-methyl/N-ethyl adjacent to an activating group) is 1. The molecule has 28 heavy (non-hydrogen) atoms. The highest BCUT2D eigenvalue weighted by Gasteiger charge is 2.21. The van der Waals surface area contributed by atoms with Crippen molar-refractivity contribution in [3.05, 3.63) is 58.7 Å². The summed E-state index contributed by atoms with van der Waals surface area (Å²) < 4.78 is 5.56. The third-order valence-corrected chi connectivity index (χ3v) is 5.01. The van der Waals surface area contributed by atoms with Crippen molar-refractivity contribution < 1.29 is 14.3 Å². The molecule has 148 valence electrons. The molecule has 2 aromatic rings. The average Bonchev–Trinajstić information content (AvgIpc) is 3.11. The van der Waals surface area contributed by atoms with Crippen molar-refractivity contribution in [1.29, 1.82) is 0 Å². The largest absolute Gasteiger partial charge is 0.493 e. The van der Waals surface area contributed by atoms with Crippen LogP contribution < -0.4 is 15.4 Å². The van der Waals surface area contributed by atoms with Crippen LogP contribution in [-0.2, 0) is 16.0 Å². The molecule has 0 saturated heterocycles. The minimum atomic E-state index is -0.660. The third kappa shape index (κ3) is 4.51. The topological polar surface area (TPSA) is 70.7 Å². The molecule has 2 aromatic carbocycles. The van der Waals surface area contributed by atoms with Crippen LogP contribution in [0.2, 0.25) is 0 Å². The smallest absolute Gasteiger partial charge is 0.313 e. The van der Waals surface area contributed by atoms with Gasteiger partial charge in [0, 0.05) is 18.7 Å². The van der Waals surface area contributed by atoms with Crippen LogP contribution >= 0.6 is 0 Å². The number of hydrogen-bond acceptors (Lipinski definition) is 4. The van der Waals surface area contributed by atoms with Crippen LogP contribution in [0.3, 0.4) is 0 Å². The van der Waals surface area contributed by atoms with Gasteiger partial charge in [-0.15, -0.1) is 0 Å². The summed E-state index contributed by atoms with van der Waals surface area (Å²) in [6, 6.07) is 11.7. The van der Waals surface area contributed by atoms with Gasteiger partial charge in [0.25, 0.3) is 0 Å². The fourth-order valence-corrected chi connectivity index (χ4v) is 3.41. The highest BCUT2D eigenvalue weighted by atomic mass is 16.5. The van der Waals surface area contributed by atoms with Crippen LogP contribution in [0, 0.1) is 13.8 Å². The van der Waals surface area contributed by atoms with Crippen LogP contribution in [0.5, 0.6) is 5.75 Å². The Morgan fingerprint density at radius 3 is 2.61 bits per heavy atom. The highest BCUT2D eigenvalue weighted by molar-refractivity contribution is 6.39. The van der Waals surface area contributed by atoms with Crippen molar-refractivity contribution in [2.75, 3.05) is 32.6 Å². The predicted molar refractivity (Wildman–Crippen MR) is 110 cm³/mol. The molecule has 0 aromatic heterocycles. The summed E-state index contributed by atoms with van der Waals surface area (Å²) in [6.45, 7) is 4.93. The molecule has 2 amide bonds. The van der Waals surface area contributed by atoms with Gasteiger partial charge in [0.15, 0.2) is 0 Å². The van der Waals surface area contributed by atoms with E-state index in [0.29, 0.717) is 18.8 Å². The van der Waals surface area contributed by atoms with Crippen LogP contribution in [0.4, 0.5) is 5.69 Å². The maximum atomic E-state index is 12.3. The fourth-order valence-electron chi connectivity index (χ4n) is 3.41. The SMILES string of the molecule is Cc1ccc(NC(=O)C(=O)NCC(c2ccc3c(c2)CCO3)N(C)C)c(C)c1. The zero-order valence-corrected chi connectivity index (χ0v) is 16.8. The van der Waals surface area contributed by atoms with Gasteiger partial charge in [0.05, 0.1) is 12.6 Å². The van der Waals surface area contributed by atoms with Gasteiger partial charge in [-0.3, -0.25) is 9.59 Å². The summed E-state index contributed by atoms with van der Waals surface area (Å²) in [6.07, 6.45) is 0.897. The molecule has 1 heterocycles. The van der Waals surface area contributed by atoms with Gasteiger partial charge in [-0.25, -0.2) is 0 Å². The lowest BCUT2D eigenvalue weighted by atomic mass is 10.0. The van der Waals surface area contributed by atoms with Crippen molar-refractivity contribution in [2.45, 2.75) is 26.3 Å². The predicted octanol–water partition coefficient (Wildman–Crippen LogP) is 2.60. The second-order valence-corrected chi connectivity index (χ2v) is 7.43. The molecule has 0 spiro atoms. The fraction of sp³-hybridized carbons (Fsp3) is 0.364. The third-order valence-electron chi connectivity index (χ3n) is 5.01. The van der Waals surface area contributed by atoms with Crippen LogP contribution in [0.25, 0.3) is 0 Å². The first-order valence-corrected chi connectivity index (χ1v) is 9.43. The van der Waals surface area contributed by atoms with E-state index < -0.39 is 11.8 Å². The molecule has 6 nitrogen and oxygen atoms in total. The summed E-state index contributed by atoms with van der Waals surface area (Å²) in [4.78, 5) is 26.6. The number of nitrogens with zero attached hydrogens (tertiary/aromatic N) is 1. The molecule has 1 unspecified atom stereocenters. The lowest BCUT2D eigenvalue weighted by Crippen LogP contribution is -2.40. The monoisotopic (exact) mass is 381 g/mol. The zero-order valence-electron chi connectivity index (χ0n) is 16.8. The number of fused-ring (bicyclic) bond motifs is 1. The summed E-state index contributed by atoms with van der Waals surface area (Å²) in [5.74, 6) is -0.374. The van der Waals surface area contributed by atoms with Gasteiger partial charge in [-0.05, 0) is 56.8 Å². The number of carbonyl (C=O) groups is 2. The minimum absolute atomic E-state index is 0.0382. The molecule has 2 N–H and O–H groups in total. The van der Waals surface area contributed by atoms with E-state index in [-0.39, 0.29) is 6.04 Å². The number of carbonyl (C=O) groups excluding carboxylic acids is 2. The quantitative estimate of drug-likeness (QED) is 0.781. The molecule has 0 saturated carbocycles. The van der Waals surface area contributed by atoms with Gasteiger partial charge in [0.1, 0.15) is 5.75 Å². The number of benzene rings is 2. The molecule has 1 atom stereocenters. The second-order valence-electron chi connectivity index (χ2n) is 7.43. The van der Waals surface area contributed by atoms with Crippen LogP contribution in [0.15, 0.2) is 36.4 Å². The Balaban J connectivity index is 1.63.